The summed E-state index contributed by atoms with van der Waals surface area (Å²) in [7, 11) is 0. The molecule has 0 aliphatic carbocycles. The first kappa shape index (κ1) is 22.9. The molecule has 186 valence electrons. The molecule has 3 N–H and O–H groups in total. The van der Waals surface area contributed by atoms with Gasteiger partial charge in [0, 0.05) is 28.6 Å². The standard InChI is InChI=1S/C28H24N4O5/c1-3-28(36)21-12-24-25-16(13-32(24)26(34)20(21)14-37-27(28)35)9-19-22(10-18(33)11-23(19)31-25)30-15(2)29-17-7-5-4-6-8-17/h4-12,33,36H,3,13-14H2,1-2H3,(H,29,30)/t28-/m0/s1. The van der Waals surface area contributed by atoms with Crippen molar-refractivity contribution < 1.29 is 19.7 Å². The van der Waals surface area contributed by atoms with E-state index in [1.807, 2.05) is 43.3 Å². The number of aliphatic imine (C=N–C) groups is 1. The number of carbonyl (C=O) groups excluding carboxylic acids is 1. The monoisotopic (exact) mass is 496 g/mol. The lowest BCUT2D eigenvalue weighted by Crippen LogP contribution is -2.44. The van der Waals surface area contributed by atoms with Crippen LogP contribution in [0.1, 0.15) is 37.0 Å². The van der Waals surface area contributed by atoms with Crippen molar-refractivity contribution in [2.24, 2.45) is 4.99 Å². The Labute approximate surface area is 211 Å². The molecule has 0 amide bonds. The Morgan fingerprint density at radius 2 is 1.97 bits per heavy atom. The number of benzene rings is 2. The number of phenols is 1. The van der Waals surface area contributed by atoms with Gasteiger partial charge in [0.15, 0.2) is 5.60 Å². The van der Waals surface area contributed by atoms with Crippen LogP contribution in [0.5, 0.6) is 5.75 Å². The number of nitrogens with one attached hydrogen (secondary N) is 1. The van der Waals surface area contributed by atoms with E-state index in [1.54, 1.807) is 29.7 Å². The molecule has 0 spiro atoms. The van der Waals surface area contributed by atoms with Crippen LogP contribution in [-0.2, 0) is 28.3 Å². The molecule has 2 aromatic carbocycles. The molecule has 6 rings (SSSR count). The van der Waals surface area contributed by atoms with E-state index < -0.39 is 11.6 Å². The number of aromatic nitrogens is 2. The van der Waals surface area contributed by atoms with E-state index in [0.29, 0.717) is 28.4 Å². The number of pyridine rings is 2. The first-order valence-corrected chi connectivity index (χ1v) is 12.0. The van der Waals surface area contributed by atoms with Crippen LogP contribution in [0.4, 0.5) is 11.4 Å². The molecule has 9 nitrogen and oxygen atoms in total. The van der Waals surface area contributed by atoms with Crippen molar-refractivity contribution in [1.29, 1.82) is 0 Å². The van der Waals surface area contributed by atoms with E-state index in [9.17, 15) is 19.8 Å². The van der Waals surface area contributed by atoms with Gasteiger partial charge < -0.3 is 24.8 Å². The maximum atomic E-state index is 13.4. The Morgan fingerprint density at radius 1 is 1.19 bits per heavy atom. The molecule has 2 aliphatic heterocycles. The average molecular weight is 497 g/mol. The summed E-state index contributed by atoms with van der Waals surface area (Å²) in [5.41, 5.74) is 2.18. The molecular formula is C28H24N4O5. The van der Waals surface area contributed by atoms with Gasteiger partial charge in [-0.3, -0.25) is 4.79 Å². The van der Waals surface area contributed by atoms with Gasteiger partial charge in [0.05, 0.1) is 40.4 Å². The molecule has 4 heterocycles. The van der Waals surface area contributed by atoms with Gasteiger partial charge in [-0.15, -0.1) is 0 Å². The van der Waals surface area contributed by atoms with Crippen LogP contribution in [0.3, 0.4) is 0 Å². The number of esters is 1. The van der Waals surface area contributed by atoms with E-state index in [0.717, 1.165) is 16.6 Å². The van der Waals surface area contributed by atoms with E-state index in [-0.39, 0.29) is 42.0 Å². The van der Waals surface area contributed by atoms with Crippen LogP contribution in [0, 0.1) is 0 Å². The van der Waals surface area contributed by atoms with Crippen LogP contribution in [0.2, 0.25) is 0 Å². The number of para-hydroxylation sites is 1. The summed E-state index contributed by atoms with van der Waals surface area (Å²) < 4.78 is 6.72. The predicted octanol–water partition coefficient (Wildman–Crippen LogP) is 3.95. The third-order valence-electron chi connectivity index (χ3n) is 6.98. The Kier molecular flexibility index (Phi) is 5.13. The normalized spacial score (nSPS) is 18.2. The average Bonchev–Trinajstić information content (AvgIpc) is 3.24. The molecule has 9 heteroatoms. The highest BCUT2D eigenvalue weighted by Crippen LogP contribution is 2.40. The Balaban J connectivity index is 1.47. The van der Waals surface area contributed by atoms with Gasteiger partial charge in [-0.05, 0) is 37.6 Å². The van der Waals surface area contributed by atoms with Crippen molar-refractivity contribution >= 4 is 34.1 Å². The molecule has 0 saturated carbocycles. The predicted molar refractivity (Wildman–Crippen MR) is 139 cm³/mol. The van der Waals surface area contributed by atoms with Gasteiger partial charge in [-0.2, -0.15) is 0 Å². The number of fused-ring (bicyclic) bond motifs is 5. The third kappa shape index (κ3) is 3.58. The van der Waals surface area contributed by atoms with Crippen molar-refractivity contribution in [3.8, 4) is 17.1 Å². The van der Waals surface area contributed by atoms with Crippen LogP contribution >= 0.6 is 0 Å². The first-order chi connectivity index (χ1) is 17.8. The van der Waals surface area contributed by atoms with Gasteiger partial charge >= 0.3 is 5.97 Å². The van der Waals surface area contributed by atoms with E-state index >= 15 is 0 Å². The fourth-order valence-electron chi connectivity index (χ4n) is 5.09. The quantitative estimate of drug-likeness (QED) is 0.196. The fraction of sp³-hybridized carbons (Fsp3) is 0.214. The molecule has 0 saturated heterocycles. The molecule has 0 unspecified atom stereocenters. The molecule has 37 heavy (non-hydrogen) atoms. The zero-order chi connectivity index (χ0) is 25.9. The Hall–Kier alpha value is -4.50. The second kappa shape index (κ2) is 8.28. The summed E-state index contributed by atoms with van der Waals surface area (Å²) >= 11 is 0. The summed E-state index contributed by atoms with van der Waals surface area (Å²) in [4.78, 5) is 35.1. The molecule has 1 atom stereocenters. The van der Waals surface area contributed by atoms with Crippen molar-refractivity contribution in [3.05, 3.63) is 81.6 Å². The summed E-state index contributed by atoms with van der Waals surface area (Å²) in [6.45, 7) is 3.61. The molecule has 0 fully saturated rings. The third-order valence-corrected chi connectivity index (χ3v) is 6.98. The van der Waals surface area contributed by atoms with E-state index in [4.69, 9.17) is 9.72 Å². The largest absolute Gasteiger partial charge is 0.508 e. The number of aromatic hydroxyl groups is 1. The van der Waals surface area contributed by atoms with Gasteiger partial charge in [0.1, 0.15) is 18.2 Å². The summed E-state index contributed by atoms with van der Waals surface area (Å²) in [6, 6.07) is 16.3. The topological polar surface area (TPSA) is 126 Å². The minimum absolute atomic E-state index is 0.0268. The van der Waals surface area contributed by atoms with Gasteiger partial charge in [0.2, 0.25) is 0 Å². The first-order valence-electron chi connectivity index (χ1n) is 12.0. The highest BCUT2D eigenvalue weighted by atomic mass is 16.6. The lowest BCUT2D eigenvalue weighted by atomic mass is 9.86. The molecule has 0 bridgehead atoms. The Bertz CT molecular complexity index is 1690. The van der Waals surface area contributed by atoms with E-state index in [2.05, 4.69) is 10.3 Å². The van der Waals surface area contributed by atoms with Gasteiger partial charge in [-0.25, -0.2) is 14.8 Å². The smallest absolute Gasteiger partial charge is 0.343 e. The number of hydrogen-bond acceptors (Lipinski definition) is 7. The van der Waals surface area contributed by atoms with Crippen molar-refractivity contribution in [3.63, 3.8) is 0 Å². The lowest BCUT2D eigenvalue weighted by Gasteiger charge is -2.31. The number of hydrogen-bond donors (Lipinski definition) is 3. The number of cyclic esters (lactones) is 1. The van der Waals surface area contributed by atoms with Gasteiger partial charge in [0.25, 0.3) is 5.56 Å². The van der Waals surface area contributed by atoms with Crippen LogP contribution in [0.15, 0.2) is 64.4 Å². The number of ether oxygens (including phenoxy) is 1. The SMILES string of the molecule is CC[C@@]1(O)C(=O)OCc2c1cc1n(c2=O)Cc2cc3c(NC(C)=Nc4ccccc4)cc(O)cc3nc2-1. The van der Waals surface area contributed by atoms with Crippen molar-refractivity contribution in [2.75, 3.05) is 5.32 Å². The number of aliphatic hydroxyl groups is 1. The van der Waals surface area contributed by atoms with Crippen LogP contribution < -0.4 is 10.9 Å². The second-order valence-corrected chi connectivity index (χ2v) is 9.32. The van der Waals surface area contributed by atoms with Crippen molar-refractivity contribution in [2.45, 2.75) is 39.0 Å². The molecule has 2 aromatic heterocycles. The van der Waals surface area contributed by atoms with Crippen LogP contribution in [0.25, 0.3) is 22.3 Å². The van der Waals surface area contributed by atoms with E-state index in [1.165, 1.54) is 0 Å². The molecule has 2 aliphatic rings. The summed E-state index contributed by atoms with van der Waals surface area (Å²) in [5.74, 6) is -0.0992. The summed E-state index contributed by atoms with van der Waals surface area (Å²) in [5, 5.41) is 25.5. The number of carbonyl (C=O) groups is 1. The highest BCUT2D eigenvalue weighted by molar-refractivity contribution is 6.04. The number of rotatable bonds is 3. The number of nitrogens with zero attached hydrogens (tertiary/aromatic N) is 3. The van der Waals surface area contributed by atoms with Gasteiger partial charge in [-0.1, -0.05) is 25.1 Å². The molecule has 0 radical (unpaired) electrons. The fourth-order valence-corrected chi connectivity index (χ4v) is 5.09. The second-order valence-electron chi connectivity index (χ2n) is 9.32. The maximum Gasteiger partial charge on any atom is 0.343 e. The minimum atomic E-state index is -1.88. The zero-order valence-corrected chi connectivity index (χ0v) is 20.3. The minimum Gasteiger partial charge on any atom is -0.508 e. The van der Waals surface area contributed by atoms with Crippen molar-refractivity contribution in [1.82, 2.24) is 9.55 Å². The number of phenolic OH excluding ortho intramolecular Hbond substituents is 1. The lowest BCUT2D eigenvalue weighted by molar-refractivity contribution is -0.172. The van der Waals surface area contributed by atoms with Crippen LogP contribution in [-0.4, -0.2) is 31.6 Å². The highest BCUT2D eigenvalue weighted by Gasteiger charge is 2.45. The number of anilines is 1. The molecular weight excluding hydrogens is 472 g/mol. The maximum absolute atomic E-state index is 13.4. The Morgan fingerprint density at radius 3 is 2.73 bits per heavy atom. The number of amidine groups is 1. The summed E-state index contributed by atoms with van der Waals surface area (Å²) in [6.07, 6.45) is 0.0759. The molecule has 4 aromatic rings. The zero-order valence-electron chi connectivity index (χ0n) is 20.3.